The summed E-state index contributed by atoms with van der Waals surface area (Å²) in [6, 6.07) is 11.5. The highest BCUT2D eigenvalue weighted by Gasteiger charge is 2.16. The average molecular weight is 415 g/mol. The van der Waals surface area contributed by atoms with E-state index in [0.29, 0.717) is 21.2 Å². The van der Waals surface area contributed by atoms with Crippen LogP contribution in [0.25, 0.3) is 0 Å². The van der Waals surface area contributed by atoms with Crippen molar-refractivity contribution in [2.24, 2.45) is 0 Å². The van der Waals surface area contributed by atoms with E-state index < -0.39 is 10.0 Å². The zero-order valence-corrected chi connectivity index (χ0v) is 16.8. The lowest BCUT2D eigenvalue weighted by Crippen LogP contribution is -2.32. The fourth-order valence-electron chi connectivity index (χ4n) is 2.42. The van der Waals surface area contributed by atoms with Gasteiger partial charge in [-0.15, -0.1) is 0 Å². The molecule has 0 radical (unpaired) electrons. The maximum absolute atomic E-state index is 12.3. The summed E-state index contributed by atoms with van der Waals surface area (Å²) in [5.74, 6) is -0.537. The zero-order valence-electron chi connectivity index (χ0n) is 14.4. The Balaban J connectivity index is 2.13. The molecule has 0 heterocycles. The van der Waals surface area contributed by atoms with Crippen LogP contribution in [0.5, 0.6) is 0 Å². The van der Waals surface area contributed by atoms with E-state index in [0.717, 1.165) is 0 Å². The van der Waals surface area contributed by atoms with Gasteiger partial charge in [0.05, 0.1) is 16.3 Å². The summed E-state index contributed by atoms with van der Waals surface area (Å²) in [6.45, 7) is 3.70. The van der Waals surface area contributed by atoms with Crippen molar-refractivity contribution in [1.29, 1.82) is 0 Å². The van der Waals surface area contributed by atoms with Crippen molar-refractivity contribution < 1.29 is 13.2 Å². The number of benzene rings is 2. The van der Waals surface area contributed by atoms with Crippen molar-refractivity contribution in [1.82, 2.24) is 10.0 Å². The van der Waals surface area contributed by atoms with E-state index in [1.807, 2.05) is 0 Å². The molecule has 8 heteroatoms. The SMILES string of the molecule is CC(C)NS(=O)(=O)Cc1ccccc1CNC(=O)c1cc(Cl)ccc1Cl. The first kappa shape index (κ1) is 20.7. The fourth-order valence-corrected chi connectivity index (χ4v) is 4.29. The molecule has 0 saturated heterocycles. The molecule has 2 aromatic rings. The van der Waals surface area contributed by atoms with E-state index in [1.54, 1.807) is 50.2 Å². The standard InChI is InChI=1S/C18H20Cl2N2O3S/c1-12(2)22-26(24,25)11-14-6-4-3-5-13(14)10-21-18(23)16-9-15(19)7-8-17(16)20/h3-9,12,22H,10-11H2,1-2H3,(H,21,23). The summed E-state index contributed by atoms with van der Waals surface area (Å²) in [7, 11) is -3.46. The number of amides is 1. The van der Waals surface area contributed by atoms with Crippen LogP contribution in [0.15, 0.2) is 42.5 Å². The molecule has 1 amide bonds. The molecular formula is C18H20Cl2N2O3S. The maximum atomic E-state index is 12.3. The van der Waals surface area contributed by atoms with Gasteiger partial charge in [-0.2, -0.15) is 0 Å². The summed E-state index contributed by atoms with van der Waals surface area (Å²) < 4.78 is 26.9. The highest BCUT2D eigenvalue weighted by molar-refractivity contribution is 7.88. The third kappa shape index (κ3) is 5.99. The van der Waals surface area contributed by atoms with Gasteiger partial charge in [0.1, 0.15) is 0 Å². The van der Waals surface area contributed by atoms with Gasteiger partial charge in [0, 0.05) is 17.6 Å². The molecule has 0 aliphatic rings. The fraction of sp³-hybridized carbons (Fsp3) is 0.278. The number of carbonyl (C=O) groups excluding carboxylic acids is 1. The van der Waals surface area contributed by atoms with Crippen LogP contribution in [0.3, 0.4) is 0 Å². The molecule has 0 spiro atoms. The second-order valence-electron chi connectivity index (χ2n) is 6.11. The highest BCUT2D eigenvalue weighted by Crippen LogP contribution is 2.21. The number of carbonyl (C=O) groups is 1. The number of halogens is 2. The van der Waals surface area contributed by atoms with Crippen LogP contribution in [0, 0.1) is 0 Å². The Hall–Kier alpha value is -1.60. The lowest BCUT2D eigenvalue weighted by molar-refractivity contribution is 0.0951. The molecule has 26 heavy (non-hydrogen) atoms. The van der Waals surface area contributed by atoms with E-state index in [-0.39, 0.29) is 29.8 Å². The quantitative estimate of drug-likeness (QED) is 0.723. The van der Waals surface area contributed by atoms with Crippen molar-refractivity contribution in [2.45, 2.75) is 32.2 Å². The van der Waals surface area contributed by atoms with Gasteiger partial charge in [-0.05, 0) is 43.2 Å². The molecule has 140 valence electrons. The molecule has 5 nitrogen and oxygen atoms in total. The van der Waals surface area contributed by atoms with Gasteiger partial charge >= 0.3 is 0 Å². The van der Waals surface area contributed by atoms with Crippen molar-refractivity contribution in [3.63, 3.8) is 0 Å². The Kier molecular flexibility index (Phi) is 7.06. The first-order chi connectivity index (χ1) is 12.2. The van der Waals surface area contributed by atoms with Crippen LogP contribution >= 0.6 is 23.2 Å². The van der Waals surface area contributed by atoms with Crippen LogP contribution in [0.4, 0.5) is 0 Å². The van der Waals surface area contributed by atoms with E-state index in [9.17, 15) is 13.2 Å². The van der Waals surface area contributed by atoms with Crippen LogP contribution in [0.1, 0.15) is 35.3 Å². The Morgan fingerprint density at radius 1 is 1.08 bits per heavy atom. The van der Waals surface area contributed by atoms with Crippen molar-refractivity contribution in [3.8, 4) is 0 Å². The number of hydrogen-bond acceptors (Lipinski definition) is 3. The minimum absolute atomic E-state index is 0.158. The molecule has 0 aliphatic carbocycles. The smallest absolute Gasteiger partial charge is 0.253 e. The van der Waals surface area contributed by atoms with Crippen LogP contribution in [-0.4, -0.2) is 20.4 Å². The zero-order chi connectivity index (χ0) is 19.3. The van der Waals surface area contributed by atoms with E-state index in [4.69, 9.17) is 23.2 Å². The van der Waals surface area contributed by atoms with Gasteiger partial charge < -0.3 is 5.32 Å². The Labute approximate surface area is 163 Å². The number of sulfonamides is 1. The highest BCUT2D eigenvalue weighted by atomic mass is 35.5. The molecule has 0 atom stereocenters. The number of rotatable bonds is 7. The van der Waals surface area contributed by atoms with Gasteiger partial charge in [-0.25, -0.2) is 13.1 Å². The van der Waals surface area contributed by atoms with Crippen LogP contribution < -0.4 is 10.0 Å². The number of nitrogens with one attached hydrogen (secondary N) is 2. The summed E-state index contributed by atoms with van der Waals surface area (Å²) >= 11 is 11.9. The Bertz CT molecular complexity index is 899. The topological polar surface area (TPSA) is 75.3 Å². The van der Waals surface area contributed by atoms with Gasteiger partial charge in [0.15, 0.2) is 0 Å². The monoisotopic (exact) mass is 414 g/mol. The molecule has 0 unspecified atom stereocenters. The van der Waals surface area contributed by atoms with E-state index in [1.165, 1.54) is 6.07 Å². The maximum Gasteiger partial charge on any atom is 0.253 e. The second kappa shape index (κ2) is 8.86. The normalized spacial score (nSPS) is 11.6. The lowest BCUT2D eigenvalue weighted by atomic mass is 10.1. The van der Waals surface area contributed by atoms with E-state index >= 15 is 0 Å². The third-order valence-electron chi connectivity index (χ3n) is 3.49. The third-order valence-corrected chi connectivity index (χ3v) is 5.58. The first-order valence-electron chi connectivity index (χ1n) is 7.98. The lowest BCUT2D eigenvalue weighted by Gasteiger charge is -2.13. The largest absolute Gasteiger partial charge is 0.348 e. The van der Waals surface area contributed by atoms with Crippen molar-refractivity contribution in [2.75, 3.05) is 0 Å². The predicted octanol–water partition coefficient (Wildman–Crippen LogP) is 3.75. The minimum Gasteiger partial charge on any atom is -0.348 e. The summed E-state index contributed by atoms with van der Waals surface area (Å²) in [5, 5.41) is 3.46. The van der Waals surface area contributed by atoms with Crippen molar-refractivity contribution in [3.05, 3.63) is 69.2 Å². The first-order valence-corrected chi connectivity index (χ1v) is 10.4. The molecule has 0 saturated carbocycles. The molecule has 2 rings (SSSR count). The number of hydrogen-bond donors (Lipinski definition) is 2. The molecule has 0 bridgehead atoms. The molecule has 0 aliphatic heterocycles. The predicted molar refractivity (Wildman–Crippen MR) is 105 cm³/mol. The van der Waals surface area contributed by atoms with Gasteiger partial charge in [0.25, 0.3) is 5.91 Å². The molecule has 2 N–H and O–H groups in total. The molecule has 0 fully saturated rings. The Morgan fingerprint density at radius 3 is 2.38 bits per heavy atom. The van der Waals surface area contributed by atoms with Crippen LogP contribution in [0.2, 0.25) is 10.0 Å². The molecule has 2 aromatic carbocycles. The summed E-state index contributed by atoms with van der Waals surface area (Å²) in [6.07, 6.45) is 0. The summed E-state index contributed by atoms with van der Waals surface area (Å²) in [4.78, 5) is 12.3. The van der Waals surface area contributed by atoms with Crippen LogP contribution in [-0.2, 0) is 22.3 Å². The van der Waals surface area contributed by atoms with Gasteiger partial charge in [-0.1, -0.05) is 47.5 Å². The molecule has 0 aromatic heterocycles. The second-order valence-corrected chi connectivity index (χ2v) is 8.70. The van der Waals surface area contributed by atoms with E-state index in [2.05, 4.69) is 10.0 Å². The van der Waals surface area contributed by atoms with Gasteiger partial charge in [-0.3, -0.25) is 4.79 Å². The molecular weight excluding hydrogens is 395 g/mol. The minimum atomic E-state index is -3.46. The van der Waals surface area contributed by atoms with Gasteiger partial charge in [0.2, 0.25) is 10.0 Å². The Morgan fingerprint density at radius 2 is 1.73 bits per heavy atom. The van der Waals surface area contributed by atoms with Crippen molar-refractivity contribution >= 4 is 39.1 Å². The summed E-state index contributed by atoms with van der Waals surface area (Å²) in [5.41, 5.74) is 1.61. The average Bonchev–Trinajstić information content (AvgIpc) is 2.54.